The van der Waals surface area contributed by atoms with Gasteiger partial charge in [-0.05, 0) is 50.3 Å². The van der Waals surface area contributed by atoms with E-state index in [2.05, 4.69) is 10.6 Å². The number of carbonyl (C=O) groups is 2. The fourth-order valence-corrected chi connectivity index (χ4v) is 2.66. The minimum Gasteiger partial charge on any atom is -0.355 e. The first kappa shape index (κ1) is 15.5. The molecule has 5 heteroatoms. The summed E-state index contributed by atoms with van der Waals surface area (Å²) in [5.74, 6) is -0.110. The number of amides is 2. The van der Waals surface area contributed by atoms with Crippen LogP contribution < -0.4 is 16.4 Å². The number of rotatable bonds is 3. The molecular formula is C16H23N3O2. The van der Waals surface area contributed by atoms with Crippen LogP contribution in [0.25, 0.3) is 0 Å². The minimum absolute atomic E-state index is 0.0212. The number of anilines is 1. The van der Waals surface area contributed by atoms with E-state index < -0.39 is 0 Å². The monoisotopic (exact) mass is 289 g/mol. The van der Waals surface area contributed by atoms with E-state index in [1.807, 2.05) is 13.0 Å². The maximum Gasteiger partial charge on any atom is 0.251 e. The van der Waals surface area contributed by atoms with Crippen molar-refractivity contribution in [2.75, 3.05) is 12.4 Å². The van der Waals surface area contributed by atoms with Gasteiger partial charge in [-0.1, -0.05) is 6.07 Å². The molecule has 0 spiro atoms. The molecule has 114 valence electrons. The van der Waals surface area contributed by atoms with Gasteiger partial charge in [-0.15, -0.1) is 0 Å². The lowest BCUT2D eigenvalue weighted by atomic mass is 9.86. The van der Waals surface area contributed by atoms with Crippen molar-refractivity contribution in [3.8, 4) is 0 Å². The predicted molar refractivity (Wildman–Crippen MR) is 83.1 cm³/mol. The highest BCUT2D eigenvalue weighted by atomic mass is 16.2. The molecule has 0 aromatic heterocycles. The Morgan fingerprint density at radius 3 is 2.48 bits per heavy atom. The summed E-state index contributed by atoms with van der Waals surface area (Å²) >= 11 is 0. The van der Waals surface area contributed by atoms with Crippen LogP contribution in [-0.4, -0.2) is 24.9 Å². The summed E-state index contributed by atoms with van der Waals surface area (Å²) in [4.78, 5) is 24.0. The number of carbonyl (C=O) groups excluding carboxylic acids is 2. The summed E-state index contributed by atoms with van der Waals surface area (Å²) < 4.78 is 0. The van der Waals surface area contributed by atoms with Gasteiger partial charge in [0.25, 0.3) is 5.91 Å². The van der Waals surface area contributed by atoms with Crippen molar-refractivity contribution in [3.05, 3.63) is 29.3 Å². The molecule has 5 nitrogen and oxygen atoms in total. The molecule has 0 bridgehead atoms. The first-order valence-electron chi connectivity index (χ1n) is 7.40. The van der Waals surface area contributed by atoms with E-state index >= 15 is 0 Å². The largest absolute Gasteiger partial charge is 0.355 e. The zero-order valence-corrected chi connectivity index (χ0v) is 12.6. The normalized spacial score (nSPS) is 21.7. The van der Waals surface area contributed by atoms with Gasteiger partial charge < -0.3 is 16.4 Å². The topological polar surface area (TPSA) is 84.2 Å². The molecule has 1 aliphatic carbocycles. The van der Waals surface area contributed by atoms with Crippen LogP contribution in [0.1, 0.15) is 41.6 Å². The van der Waals surface area contributed by atoms with Crippen LogP contribution in [0.3, 0.4) is 0 Å². The maximum absolute atomic E-state index is 12.3. The smallest absolute Gasteiger partial charge is 0.251 e. The Bertz CT molecular complexity index is 534. The highest BCUT2D eigenvalue weighted by molar-refractivity contribution is 5.98. The average Bonchev–Trinajstić information content (AvgIpc) is 2.49. The molecule has 0 heterocycles. The van der Waals surface area contributed by atoms with Gasteiger partial charge in [0.2, 0.25) is 5.91 Å². The van der Waals surface area contributed by atoms with Gasteiger partial charge in [-0.2, -0.15) is 0 Å². The van der Waals surface area contributed by atoms with Crippen molar-refractivity contribution in [1.29, 1.82) is 0 Å². The molecule has 1 saturated carbocycles. The molecule has 1 aliphatic rings. The molecular weight excluding hydrogens is 266 g/mol. The predicted octanol–water partition coefficient (Wildman–Crippen LogP) is 1.81. The van der Waals surface area contributed by atoms with E-state index in [9.17, 15) is 9.59 Å². The van der Waals surface area contributed by atoms with Crippen LogP contribution in [0.4, 0.5) is 5.69 Å². The number of nitrogens with two attached hydrogens (primary N) is 1. The lowest BCUT2D eigenvalue weighted by Crippen LogP contribution is -2.32. The number of hydrogen-bond acceptors (Lipinski definition) is 3. The Balaban J connectivity index is 2.08. The molecule has 2 amide bonds. The quantitative estimate of drug-likeness (QED) is 0.793. The third-order valence-electron chi connectivity index (χ3n) is 4.13. The van der Waals surface area contributed by atoms with Crippen LogP contribution >= 0.6 is 0 Å². The second-order valence-corrected chi connectivity index (χ2v) is 5.71. The minimum atomic E-state index is -0.158. The summed E-state index contributed by atoms with van der Waals surface area (Å²) in [6.45, 7) is 1.92. The summed E-state index contributed by atoms with van der Waals surface area (Å²) in [7, 11) is 1.59. The van der Waals surface area contributed by atoms with E-state index in [-0.39, 0.29) is 23.8 Å². The molecule has 1 fully saturated rings. The average molecular weight is 289 g/mol. The number of nitrogens with one attached hydrogen (secondary N) is 2. The van der Waals surface area contributed by atoms with Crippen molar-refractivity contribution in [3.63, 3.8) is 0 Å². The summed E-state index contributed by atoms with van der Waals surface area (Å²) in [6.07, 6.45) is 3.47. The van der Waals surface area contributed by atoms with Gasteiger partial charge in [-0.3, -0.25) is 9.59 Å². The van der Waals surface area contributed by atoms with E-state index in [0.29, 0.717) is 11.3 Å². The first-order chi connectivity index (χ1) is 10.0. The Kier molecular flexibility index (Phi) is 4.96. The van der Waals surface area contributed by atoms with E-state index in [1.54, 1.807) is 19.2 Å². The lowest BCUT2D eigenvalue weighted by Gasteiger charge is -2.25. The van der Waals surface area contributed by atoms with Crippen LogP contribution in [0.5, 0.6) is 0 Å². The highest BCUT2D eigenvalue weighted by Gasteiger charge is 2.25. The SMILES string of the molecule is CNC(=O)c1ccc(C)c(NC(=O)C2CCC(N)CC2)c1. The van der Waals surface area contributed by atoms with Crippen LogP contribution in [0.2, 0.25) is 0 Å². The van der Waals surface area contributed by atoms with Crippen LogP contribution in [0, 0.1) is 12.8 Å². The first-order valence-corrected chi connectivity index (χ1v) is 7.40. The Morgan fingerprint density at radius 2 is 1.86 bits per heavy atom. The lowest BCUT2D eigenvalue weighted by molar-refractivity contribution is -0.120. The number of benzene rings is 1. The summed E-state index contributed by atoms with van der Waals surface area (Å²) in [5, 5.41) is 5.54. The number of aryl methyl sites for hydroxylation is 1. The van der Waals surface area contributed by atoms with Crippen molar-refractivity contribution < 1.29 is 9.59 Å². The van der Waals surface area contributed by atoms with Crippen molar-refractivity contribution in [2.24, 2.45) is 11.7 Å². The third-order valence-corrected chi connectivity index (χ3v) is 4.13. The van der Waals surface area contributed by atoms with Crippen molar-refractivity contribution in [2.45, 2.75) is 38.6 Å². The zero-order valence-electron chi connectivity index (χ0n) is 12.6. The summed E-state index contributed by atoms with van der Waals surface area (Å²) in [6, 6.07) is 5.55. The van der Waals surface area contributed by atoms with Gasteiger partial charge in [0.15, 0.2) is 0 Å². The third kappa shape index (κ3) is 3.82. The molecule has 0 radical (unpaired) electrons. The van der Waals surface area contributed by atoms with Gasteiger partial charge in [0, 0.05) is 30.3 Å². The molecule has 1 aromatic rings. The highest BCUT2D eigenvalue weighted by Crippen LogP contribution is 2.25. The van der Waals surface area contributed by atoms with Crippen molar-refractivity contribution >= 4 is 17.5 Å². The van der Waals surface area contributed by atoms with E-state index in [0.717, 1.165) is 31.2 Å². The molecule has 1 aromatic carbocycles. The van der Waals surface area contributed by atoms with Gasteiger partial charge >= 0.3 is 0 Å². The molecule has 0 aliphatic heterocycles. The Hall–Kier alpha value is -1.88. The van der Waals surface area contributed by atoms with Gasteiger partial charge in [0.1, 0.15) is 0 Å². The number of hydrogen-bond donors (Lipinski definition) is 3. The second kappa shape index (κ2) is 6.72. The molecule has 0 saturated heterocycles. The zero-order chi connectivity index (χ0) is 15.4. The van der Waals surface area contributed by atoms with Gasteiger partial charge in [0.05, 0.1) is 0 Å². The standard InChI is InChI=1S/C16H23N3O2/c1-10-3-4-12(15(20)18-2)9-14(10)19-16(21)11-5-7-13(17)8-6-11/h3-4,9,11,13H,5-8,17H2,1-2H3,(H,18,20)(H,19,21). The van der Waals surface area contributed by atoms with Crippen LogP contribution in [0.15, 0.2) is 18.2 Å². The molecule has 4 N–H and O–H groups in total. The van der Waals surface area contributed by atoms with E-state index in [1.165, 1.54) is 0 Å². The van der Waals surface area contributed by atoms with Crippen molar-refractivity contribution in [1.82, 2.24) is 5.32 Å². The van der Waals surface area contributed by atoms with Gasteiger partial charge in [-0.25, -0.2) is 0 Å². The molecule has 0 unspecified atom stereocenters. The molecule has 21 heavy (non-hydrogen) atoms. The fourth-order valence-electron chi connectivity index (χ4n) is 2.66. The Labute approximate surface area is 125 Å². The van der Waals surface area contributed by atoms with E-state index in [4.69, 9.17) is 5.73 Å². The van der Waals surface area contributed by atoms with Crippen LogP contribution in [-0.2, 0) is 4.79 Å². The summed E-state index contributed by atoms with van der Waals surface area (Å²) in [5.41, 5.74) is 8.06. The molecule has 0 atom stereocenters. The maximum atomic E-state index is 12.3. The molecule has 2 rings (SSSR count). The Morgan fingerprint density at radius 1 is 1.19 bits per heavy atom. The fraction of sp³-hybridized carbons (Fsp3) is 0.500. The second-order valence-electron chi connectivity index (χ2n) is 5.71.